The van der Waals surface area contributed by atoms with Crippen LogP contribution in [0.15, 0.2) is 36.5 Å². The van der Waals surface area contributed by atoms with Crippen molar-refractivity contribution in [1.82, 2.24) is 14.6 Å². The topological polar surface area (TPSA) is 71.7 Å². The smallest absolute Gasteiger partial charge is 0.157 e. The number of hydrogen-bond acceptors (Lipinski definition) is 5. The van der Waals surface area contributed by atoms with Gasteiger partial charge in [0.1, 0.15) is 11.6 Å². The zero-order valence-electron chi connectivity index (χ0n) is 14.0. The van der Waals surface area contributed by atoms with Gasteiger partial charge in [0, 0.05) is 29.6 Å². The second-order valence-electron chi connectivity index (χ2n) is 5.54. The third-order valence-electron chi connectivity index (χ3n) is 3.85. The molecule has 6 nitrogen and oxygen atoms in total. The second-order valence-corrected chi connectivity index (χ2v) is 5.54. The van der Waals surface area contributed by atoms with Gasteiger partial charge >= 0.3 is 0 Å². The number of nitrogens with zero attached hydrogens (tertiary/aromatic N) is 3. The van der Waals surface area contributed by atoms with E-state index in [1.165, 1.54) is 0 Å². The maximum Gasteiger partial charge on any atom is 0.157 e. The number of aliphatic hydroxyl groups is 1. The van der Waals surface area contributed by atoms with E-state index in [-0.39, 0.29) is 6.61 Å². The lowest BCUT2D eigenvalue weighted by Gasteiger charge is -2.16. The SMILES string of the molecule is CCOc1ccc(Nc2c(CCCO)c(C)nc3ccnn23)cc1. The maximum absolute atomic E-state index is 9.18. The molecule has 0 unspecified atom stereocenters. The molecule has 0 spiro atoms. The molecular formula is C18H22N4O2. The first kappa shape index (κ1) is 16.3. The van der Waals surface area contributed by atoms with Crippen molar-refractivity contribution in [2.75, 3.05) is 18.5 Å². The molecule has 6 heteroatoms. The number of benzene rings is 1. The standard InChI is InChI=1S/C18H22N4O2/c1-3-24-15-8-6-14(7-9-15)21-18-16(5-4-12-23)13(2)20-17-10-11-19-22(17)18/h6-11,21,23H,3-5,12H2,1-2H3. The molecule has 0 radical (unpaired) electrons. The summed E-state index contributed by atoms with van der Waals surface area (Å²) < 4.78 is 7.28. The van der Waals surface area contributed by atoms with Crippen LogP contribution in [-0.2, 0) is 6.42 Å². The van der Waals surface area contributed by atoms with E-state index >= 15 is 0 Å². The fourth-order valence-electron chi connectivity index (χ4n) is 2.71. The molecule has 0 aliphatic rings. The molecular weight excluding hydrogens is 304 g/mol. The first-order valence-corrected chi connectivity index (χ1v) is 8.17. The minimum absolute atomic E-state index is 0.152. The van der Waals surface area contributed by atoms with Crippen LogP contribution in [-0.4, -0.2) is 32.9 Å². The molecule has 2 heterocycles. The lowest BCUT2D eigenvalue weighted by Crippen LogP contribution is -2.09. The molecule has 1 aromatic carbocycles. The van der Waals surface area contributed by atoms with Crippen molar-refractivity contribution in [1.29, 1.82) is 0 Å². The fourth-order valence-corrected chi connectivity index (χ4v) is 2.71. The number of nitrogens with one attached hydrogen (secondary N) is 1. The van der Waals surface area contributed by atoms with Gasteiger partial charge < -0.3 is 15.2 Å². The van der Waals surface area contributed by atoms with E-state index < -0.39 is 0 Å². The van der Waals surface area contributed by atoms with Gasteiger partial charge in [0.15, 0.2) is 5.65 Å². The quantitative estimate of drug-likeness (QED) is 0.698. The van der Waals surface area contributed by atoms with Crippen molar-refractivity contribution in [2.45, 2.75) is 26.7 Å². The summed E-state index contributed by atoms with van der Waals surface area (Å²) >= 11 is 0. The van der Waals surface area contributed by atoms with Gasteiger partial charge in [-0.1, -0.05) is 0 Å². The average molecular weight is 326 g/mol. The summed E-state index contributed by atoms with van der Waals surface area (Å²) in [5, 5.41) is 17.0. The summed E-state index contributed by atoms with van der Waals surface area (Å²) in [5.74, 6) is 1.74. The number of ether oxygens (including phenoxy) is 1. The van der Waals surface area contributed by atoms with Gasteiger partial charge in [-0.15, -0.1) is 0 Å². The Bertz CT molecular complexity index is 812. The van der Waals surface area contributed by atoms with Crippen LogP contribution in [0, 0.1) is 6.92 Å². The van der Waals surface area contributed by atoms with E-state index in [0.29, 0.717) is 13.0 Å². The number of hydrogen-bond donors (Lipinski definition) is 2. The van der Waals surface area contributed by atoms with Crippen LogP contribution in [0.3, 0.4) is 0 Å². The van der Waals surface area contributed by atoms with Crippen molar-refractivity contribution in [3.8, 4) is 5.75 Å². The summed E-state index contributed by atoms with van der Waals surface area (Å²) in [6.07, 6.45) is 3.17. The first-order chi connectivity index (χ1) is 11.7. The number of aromatic nitrogens is 3. The Morgan fingerprint density at radius 3 is 2.71 bits per heavy atom. The highest BCUT2D eigenvalue weighted by molar-refractivity contribution is 5.64. The van der Waals surface area contributed by atoms with Gasteiger partial charge in [-0.25, -0.2) is 4.98 Å². The lowest BCUT2D eigenvalue weighted by molar-refractivity contribution is 0.288. The highest BCUT2D eigenvalue weighted by Crippen LogP contribution is 2.26. The van der Waals surface area contributed by atoms with Gasteiger partial charge in [-0.2, -0.15) is 9.61 Å². The van der Waals surface area contributed by atoms with Crippen molar-refractivity contribution < 1.29 is 9.84 Å². The van der Waals surface area contributed by atoms with E-state index in [0.717, 1.165) is 40.6 Å². The molecule has 0 atom stereocenters. The molecule has 24 heavy (non-hydrogen) atoms. The van der Waals surface area contributed by atoms with E-state index in [1.54, 1.807) is 10.7 Å². The Balaban J connectivity index is 1.98. The van der Waals surface area contributed by atoms with Crippen LogP contribution in [0.25, 0.3) is 5.65 Å². The molecule has 0 fully saturated rings. The van der Waals surface area contributed by atoms with Gasteiger partial charge in [-0.05, 0) is 51.0 Å². The summed E-state index contributed by atoms with van der Waals surface area (Å²) in [7, 11) is 0. The Morgan fingerprint density at radius 1 is 1.21 bits per heavy atom. The van der Waals surface area contributed by atoms with Crippen LogP contribution < -0.4 is 10.1 Å². The van der Waals surface area contributed by atoms with Crippen molar-refractivity contribution in [3.63, 3.8) is 0 Å². The maximum atomic E-state index is 9.18. The van der Waals surface area contributed by atoms with Gasteiger partial charge in [-0.3, -0.25) is 0 Å². The fraction of sp³-hybridized carbons (Fsp3) is 0.333. The molecule has 2 N–H and O–H groups in total. The third kappa shape index (κ3) is 3.33. The van der Waals surface area contributed by atoms with Gasteiger partial charge in [0.2, 0.25) is 0 Å². The summed E-state index contributed by atoms with van der Waals surface area (Å²) in [5.41, 5.74) is 3.76. The van der Waals surface area contributed by atoms with Crippen molar-refractivity contribution in [3.05, 3.63) is 47.8 Å². The number of fused-ring (bicyclic) bond motifs is 1. The van der Waals surface area contributed by atoms with E-state index in [1.807, 2.05) is 44.2 Å². The predicted molar refractivity (Wildman–Crippen MR) is 94.0 cm³/mol. The minimum Gasteiger partial charge on any atom is -0.494 e. The van der Waals surface area contributed by atoms with Crippen LogP contribution in [0.1, 0.15) is 24.6 Å². The summed E-state index contributed by atoms with van der Waals surface area (Å²) in [4.78, 5) is 4.59. The highest BCUT2D eigenvalue weighted by atomic mass is 16.5. The molecule has 0 amide bonds. The summed E-state index contributed by atoms with van der Waals surface area (Å²) in [6, 6.07) is 9.71. The molecule has 3 rings (SSSR count). The number of aliphatic hydroxyl groups excluding tert-OH is 1. The Hall–Kier alpha value is -2.60. The second kappa shape index (κ2) is 7.31. The predicted octanol–water partition coefficient (Wildman–Crippen LogP) is 3.10. The Labute approximate surface area is 141 Å². The Kier molecular flexibility index (Phi) is 4.96. The molecule has 2 aromatic heterocycles. The number of aryl methyl sites for hydroxylation is 1. The third-order valence-corrected chi connectivity index (χ3v) is 3.85. The molecule has 0 saturated heterocycles. The van der Waals surface area contributed by atoms with E-state index in [9.17, 15) is 5.11 Å². The molecule has 0 bridgehead atoms. The van der Waals surface area contributed by atoms with Crippen LogP contribution in [0.4, 0.5) is 11.5 Å². The average Bonchev–Trinajstić information content (AvgIpc) is 3.04. The minimum atomic E-state index is 0.152. The van der Waals surface area contributed by atoms with E-state index in [2.05, 4.69) is 15.4 Å². The van der Waals surface area contributed by atoms with Crippen LogP contribution >= 0.6 is 0 Å². The molecule has 0 saturated carbocycles. The van der Waals surface area contributed by atoms with Crippen molar-refractivity contribution >= 4 is 17.2 Å². The van der Waals surface area contributed by atoms with E-state index in [4.69, 9.17) is 4.74 Å². The van der Waals surface area contributed by atoms with Crippen molar-refractivity contribution in [2.24, 2.45) is 0 Å². The lowest BCUT2D eigenvalue weighted by atomic mass is 10.1. The molecule has 3 aromatic rings. The highest BCUT2D eigenvalue weighted by Gasteiger charge is 2.13. The van der Waals surface area contributed by atoms with Gasteiger partial charge in [0.05, 0.1) is 12.8 Å². The largest absolute Gasteiger partial charge is 0.494 e. The molecule has 0 aliphatic carbocycles. The number of anilines is 2. The molecule has 126 valence electrons. The van der Waals surface area contributed by atoms with Crippen LogP contribution in [0.2, 0.25) is 0 Å². The zero-order valence-corrected chi connectivity index (χ0v) is 14.0. The zero-order chi connectivity index (χ0) is 16.9. The monoisotopic (exact) mass is 326 g/mol. The molecule has 0 aliphatic heterocycles. The van der Waals surface area contributed by atoms with Gasteiger partial charge in [0.25, 0.3) is 0 Å². The Morgan fingerprint density at radius 2 is 2.00 bits per heavy atom. The normalized spacial score (nSPS) is 11.0. The first-order valence-electron chi connectivity index (χ1n) is 8.17. The van der Waals surface area contributed by atoms with Crippen LogP contribution in [0.5, 0.6) is 5.75 Å². The summed E-state index contributed by atoms with van der Waals surface area (Å²) in [6.45, 7) is 4.76. The number of rotatable bonds is 7.